The lowest BCUT2D eigenvalue weighted by Crippen LogP contribution is -2.41. The third-order valence-electron chi connectivity index (χ3n) is 1.82. The number of aromatic nitrogens is 2. The minimum atomic E-state index is -1.11. The Morgan fingerprint density at radius 1 is 1.56 bits per heavy atom. The van der Waals surface area contributed by atoms with E-state index in [9.17, 15) is 9.59 Å². The van der Waals surface area contributed by atoms with Crippen molar-refractivity contribution in [3.8, 4) is 6.07 Å². The van der Waals surface area contributed by atoms with Gasteiger partial charge in [-0.3, -0.25) is 4.79 Å². The number of carboxylic acid groups (broad SMARTS) is 1. The number of carbonyl (C=O) groups is 2. The molecule has 1 rings (SSSR count). The minimum absolute atomic E-state index is 0.134. The molecule has 0 aliphatic carbocycles. The van der Waals surface area contributed by atoms with E-state index in [0.717, 1.165) is 11.8 Å². The molecule has 1 atom stereocenters. The first-order chi connectivity index (χ1) is 8.52. The van der Waals surface area contributed by atoms with Crippen LogP contribution in [-0.2, 0) is 9.59 Å². The molecule has 0 bridgehead atoms. The third kappa shape index (κ3) is 4.39. The smallest absolute Gasteiger partial charge is 0.327 e. The van der Waals surface area contributed by atoms with E-state index in [1.54, 1.807) is 0 Å². The van der Waals surface area contributed by atoms with Crippen LogP contribution in [0.25, 0.3) is 0 Å². The Kier molecular flexibility index (Phi) is 5.07. The Labute approximate surface area is 107 Å². The Bertz CT molecular complexity index is 483. The number of nitriles is 1. The van der Waals surface area contributed by atoms with Crippen LogP contribution >= 0.6 is 11.8 Å². The predicted octanol–water partition coefficient (Wildman–Crippen LogP) is 0.0297. The third-order valence-corrected chi connectivity index (χ3v) is 2.82. The first-order valence-electron chi connectivity index (χ1n) is 4.87. The molecular formula is C10H10N4O3S. The average molecular weight is 266 g/mol. The largest absolute Gasteiger partial charge is 0.480 e. The van der Waals surface area contributed by atoms with E-state index < -0.39 is 17.9 Å². The standard InChI is InChI=1S/C10H10N4O3S/c1-6(15)14-8(10(16)17)5-18-9-4-12-7(2-11)3-13-9/h3-4,8H,5H2,1H3,(H,14,15)(H,16,17). The summed E-state index contributed by atoms with van der Waals surface area (Å²) in [4.78, 5) is 29.4. The Hall–Kier alpha value is -2.14. The summed E-state index contributed by atoms with van der Waals surface area (Å²) in [6, 6.07) is 0.848. The normalized spacial score (nSPS) is 11.3. The van der Waals surface area contributed by atoms with E-state index >= 15 is 0 Å². The van der Waals surface area contributed by atoms with Crippen molar-refractivity contribution in [2.75, 3.05) is 5.75 Å². The summed E-state index contributed by atoms with van der Waals surface area (Å²) in [6.45, 7) is 1.25. The maximum atomic E-state index is 10.8. The van der Waals surface area contributed by atoms with E-state index in [4.69, 9.17) is 10.4 Å². The van der Waals surface area contributed by atoms with Crippen molar-refractivity contribution in [2.45, 2.75) is 18.0 Å². The van der Waals surface area contributed by atoms with Gasteiger partial charge in [0.2, 0.25) is 5.91 Å². The van der Waals surface area contributed by atoms with Gasteiger partial charge in [0.1, 0.15) is 17.1 Å². The molecule has 0 radical (unpaired) electrons. The summed E-state index contributed by atoms with van der Waals surface area (Å²) in [5.74, 6) is -1.39. The molecule has 18 heavy (non-hydrogen) atoms. The van der Waals surface area contributed by atoms with Crippen molar-refractivity contribution in [1.82, 2.24) is 15.3 Å². The van der Waals surface area contributed by atoms with Crippen molar-refractivity contribution >= 4 is 23.6 Å². The van der Waals surface area contributed by atoms with Crippen LogP contribution in [0.3, 0.4) is 0 Å². The summed E-state index contributed by atoms with van der Waals surface area (Å²) in [5, 5.41) is 20.2. The highest BCUT2D eigenvalue weighted by Crippen LogP contribution is 2.14. The van der Waals surface area contributed by atoms with Crippen LogP contribution < -0.4 is 5.32 Å². The van der Waals surface area contributed by atoms with Crippen molar-refractivity contribution in [3.63, 3.8) is 0 Å². The van der Waals surface area contributed by atoms with Gasteiger partial charge in [-0.15, -0.1) is 11.8 Å². The molecule has 0 saturated heterocycles. The van der Waals surface area contributed by atoms with Gasteiger partial charge in [0.15, 0.2) is 5.69 Å². The van der Waals surface area contributed by atoms with Crippen LogP contribution in [0.5, 0.6) is 0 Å². The highest BCUT2D eigenvalue weighted by Gasteiger charge is 2.18. The van der Waals surface area contributed by atoms with Gasteiger partial charge in [-0.1, -0.05) is 0 Å². The van der Waals surface area contributed by atoms with Crippen molar-refractivity contribution in [1.29, 1.82) is 5.26 Å². The van der Waals surface area contributed by atoms with E-state index in [1.165, 1.54) is 19.3 Å². The number of nitrogens with zero attached hydrogens (tertiary/aromatic N) is 3. The van der Waals surface area contributed by atoms with Crippen LogP contribution in [0.2, 0.25) is 0 Å². The monoisotopic (exact) mass is 266 g/mol. The van der Waals surface area contributed by atoms with Gasteiger partial charge in [0, 0.05) is 12.7 Å². The molecule has 0 saturated carbocycles. The van der Waals surface area contributed by atoms with E-state index in [1.807, 2.05) is 6.07 Å². The fourth-order valence-electron chi connectivity index (χ4n) is 1.04. The number of carboxylic acids is 1. The molecule has 94 valence electrons. The second-order valence-corrected chi connectivity index (χ2v) is 4.29. The van der Waals surface area contributed by atoms with Gasteiger partial charge in [0.05, 0.1) is 12.4 Å². The molecule has 1 unspecified atom stereocenters. The highest BCUT2D eigenvalue weighted by atomic mass is 32.2. The Balaban J connectivity index is 2.58. The molecule has 0 aliphatic heterocycles. The fourth-order valence-corrected chi connectivity index (χ4v) is 1.86. The number of thioether (sulfide) groups is 1. The number of carbonyl (C=O) groups excluding carboxylic acids is 1. The average Bonchev–Trinajstić information content (AvgIpc) is 2.34. The van der Waals surface area contributed by atoms with E-state index in [-0.39, 0.29) is 11.4 Å². The molecule has 1 amide bonds. The van der Waals surface area contributed by atoms with Crippen LogP contribution in [-0.4, -0.2) is 38.7 Å². The number of aliphatic carboxylic acids is 1. The summed E-state index contributed by atoms with van der Waals surface area (Å²) < 4.78 is 0. The molecule has 0 spiro atoms. The second-order valence-electron chi connectivity index (χ2n) is 3.25. The molecular weight excluding hydrogens is 256 g/mol. The van der Waals surface area contributed by atoms with Crippen LogP contribution in [0, 0.1) is 11.3 Å². The summed E-state index contributed by atoms with van der Waals surface area (Å²) >= 11 is 1.14. The zero-order valence-corrected chi connectivity index (χ0v) is 10.3. The summed E-state index contributed by atoms with van der Waals surface area (Å²) in [6.07, 6.45) is 2.69. The quantitative estimate of drug-likeness (QED) is 0.722. The van der Waals surface area contributed by atoms with E-state index in [0.29, 0.717) is 5.03 Å². The van der Waals surface area contributed by atoms with E-state index in [2.05, 4.69) is 15.3 Å². The number of rotatable bonds is 5. The number of hydrogen-bond donors (Lipinski definition) is 2. The fraction of sp³-hybridized carbons (Fsp3) is 0.300. The lowest BCUT2D eigenvalue weighted by Gasteiger charge is -2.11. The van der Waals surface area contributed by atoms with Gasteiger partial charge in [-0.25, -0.2) is 14.8 Å². The number of hydrogen-bond acceptors (Lipinski definition) is 6. The second kappa shape index (κ2) is 6.56. The SMILES string of the molecule is CC(=O)NC(CSc1cnc(C#N)cn1)C(=O)O. The van der Waals surface area contributed by atoms with Crippen molar-refractivity contribution in [3.05, 3.63) is 18.1 Å². The van der Waals surface area contributed by atoms with Gasteiger partial charge in [-0.05, 0) is 0 Å². The van der Waals surface area contributed by atoms with Gasteiger partial charge in [-0.2, -0.15) is 5.26 Å². The minimum Gasteiger partial charge on any atom is -0.480 e. The lowest BCUT2D eigenvalue weighted by molar-refractivity contribution is -0.140. The molecule has 8 heteroatoms. The zero-order valence-electron chi connectivity index (χ0n) is 9.45. The number of nitrogens with one attached hydrogen (secondary N) is 1. The molecule has 1 heterocycles. The molecule has 0 aromatic carbocycles. The Morgan fingerprint density at radius 2 is 2.28 bits per heavy atom. The molecule has 0 fully saturated rings. The Morgan fingerprint density at radius 3 is 2.72 bits per heavy atom. The molecule has 7 nitrogen and oxygen atoms in total. The number of amides is 1. The van der Waals surface area contributed by atoms with Crippen LogP contribution in [0.4, 0.5) is 0 Å². The molecule has 1 aromatic heterocycles. The highest BCUT2D eigenvalue weighted by molar-refractivity contribution is 7.99. The lowest BCUT2D eigenvalue weighted by atomic mass is 10.3. The van der Waals surface area contributed by atoms with Crippen LogP contribution in [0.1, 0.15) is 12.6 Å². The topological polar surface area (TPSA) is 116 Å². The molecule has 0 aliphatic rings. The summed E-state index contributed by atoms with van der Waals surface area (Å²) in [5.41, 5.74) is 0.191. The van der Waals surface area contributed by atoms with Gasteiger partial charge < -0.3 is 10.4 Å². The first-order valence-corrected chi connectivity index (χ1v) is 5.86. The maximum Gasteiger partial charge on any atom is 0.327 e. The first kappa shape index (κ1) is 13.9. The van der Waals surface area contributed by atoms with Gasteiger partial charge >= 0.3 is 5.97 Å². The predicted molar refractivity (Wildman–Crippen MR) is 62.7 cm³/mol. The van der Waals surface area contributed by atoms with Crippen molar-refractivity contribution in [2.24, 2.45) is 0 Å². The zero-order chi connectivity index (χ0) is 13.5. The molecule has 2 N–H and O–H groups in total. The molecule has 1 aromatic rings. The summed E-state index contributed by atoms with van der Waals surface area (Å²) in [7, 11) is 0. The van der Waals surface area contributed by atoms with Crippen molar-refractivity contribution < 1.29 is 14.7 Å². The maximum absolute atomic E-state index is 10.8. The van der Waals surface area contributed by atoms with Gasteiger partial charge in [0.25, 0.3) is 0 Å². The van der Waals surface area contributed by atoms with Crippen LogP contribution in [0.15, 0.2) is 17.4 Å².